The predicted molar refractivity (Wildman–Crippen MR) is 90.4 cm³/mol. The monoisotopic (exact) mass is 315 g/mol. The van der Waals surface area contributed by atoms with Gasteiger partial charge in [-0.05, 0) is 69.1 Å². The van der Waals surface area contributed by atoms with Crippen molar-refractivity contribution in [1.82, 2.24) is 4.90 Å². The quantitative estimate of drug-likeness (QED) is 0.914. The molecule has 1 aliphatic rings. The summed E-state index contributed by atoms with van der Waals surface area (Å²) in [5, 5.41) is 9.73. The van der Waals surface area contributed by atoms with Gasteiger partial charge in [-0.2, -0.15) is 0 Å². The van der Waals surface area contributed by atoms with Crippen molar-refractivity contribution in [1.29, 1.82) is 0 Å². The normalized spacial score (nSPS) is 19.5. The number of rotatable bonds is 5. The first-order valence-corrected chi connectivity index (χ1v) is 8.47. The predicted octanol–water partition coefficient (Wildman–Crippen LogP) is 3.69. The summed E-state index contributed by atoms with van der Waals surface area (Å²) in [6, 6.07) is 12.1. The second-order valence-electron chi connectivity index (χ2n) is 6.08. The van der Waals surface area contributed by atoms with Gasteiger partial charge < -0.3 is 14.3 Å². The Morgan fingerprint density at radius 1 is 1.13 bits per heavy atom. The zero-order valence-electron chi connectivity index (χ0n) is 13.7. The lowest BCUT2D eigenvalue weighted by Gasteiger charge is -2.18. The average Bonchev–Trinajstić information content (AvgIpc) is 2.92. The van der Waals surface area contributed by atoms with E-state index in [-0.39, 0.29) is 6.10 Å². The zero-order valence-corrected chi connectivity index (χ0v) is 13.7. The molecule has 0 spiro atoms. The summed E-state index contributed by atoms with van der Waals surface area (Å²) in [4.78, 5) is 2.36. The van der Waals surface area contributed by atoms with E-state index in [9.17, 15) is 5.11 Å². The maximum Gasteiger partial charge on any atom is 0.134 e. The van der Waals surface area contributed by atoms with Crippen LogP contribution in [0.1, 0.15) is 31.9 Å². The number of aliphatic hydroxyl groups excluding tert-OH is 1. The molecule has 0 aliphatic carbocycles. The average molecular weight is 315 g/mol. The van der Waals surface area contributed by atoms with Crippen LogP contribution in [0.15, 0.2) is 40.8 Å². The third-order valence-corrected chi connectivity index (χ3v) is 4.28. The summed E-state index contributed by atoms with van der Waals surface area (Å²) < 4.78 is 11.5. The number of hydrogen-bond donors (Lipinski definition) is 1. The third-order valence-electron chi connectivity index (χ3n) is 4.28. The highest BCUT2D eigenvalue weighted by Crippen LogP contribution is 2.25. The number of hydrogen-bond acceptors (Lipinski definition) is 4. The van der Waals surface area contributed by atoms with Gasteiger partial charge in [0.25, 0.3) is 0 Å². The molecule has 3 rings (SSSR count). The molecule has 1 saturated heterocycles. The molecule has 1 aromatic carbocycles. The number of aliphatic hydroxyl groups is 1. The fraction of sp³-hybridized carbons (Fsp3) is 0.474. The molecule has 4 heteroatoms. The van der Waals surface area contributed by atoms with Gasteiger partial charge in [-0.15, -0.1) is 0 Å². The first-order chi connectivity index (χ1) is 11.2. The fourth-order valence-electron chi connectivity index (χ4n) is 3.02. The zero-order chi connectivity index (χ0) is 16.1. The van der Waals surface area contributed by atoms with Gasteiger partial charge >= 0.3 is 0 Å². The van der Waals surface area contributed by atoms with Gasteiger partial charge in [0.2, 0.25) is 0 Å². The minimum Gasteiger partial charge on any atom is -0.494 e. The van der Waals surface area contributed by atoms with E-state index >= 15 is 0 Å². The van der Waals surface area contributed by atoms with Crippen molar-refractivity contribution >= 4 is 0 Å². The Morgan fingerprint density at radius 3 is 2.74 bits per heavy atom. The Bertz CT molecular complexity index is 605. The molecule has 1 aromatic heterocycles. The van der Waals surface area contributed by atoms with Gasteiger partial charge in [0.05, 0.1) is 19.3 Å². The van der Waals surface area contributed by atoms with Gasteiger partial charge in [0.1, 0.15) is 17.3 Å². The Balaban J connectivity index is 1.63. The molecule has 2 aromatic rings. The lowest BCUT2D eigenvalue weighted by Crippen LogP contribution is -2.24. The van der Waals surface area contributed by atoms with Crippen LogP contribution in [0.5, 0.6) is 5.75 Å². The molecule has 23 heavy (non-hydrogen) atoms. The van der Waals surface area contributed by atoms with Crippen LogP contribution in [-0.2, 0) is 6.54 Å². The van der Waals surface area contributed by atoms with Crippen LogP contribution in [0.2, 0.25) is 0 Å². The van der Waals surface area contributed by atoms with Crippen LogP contribution in [0.25, 0.3) is 11.3 Å². The number of nitrogens with zero attached hydrogens (tertiary/aromatic N) is 1. The lowest BCUT2D eigenvalue weighted by molar-refractivity contribution is 0.153. The molecule has 1 aliphatic heterocycles. The SMILES string of the molecule is CCOc1ccc(-c2ccc(CN3CCCC(O)CC3)o2)cc1. The van der Waals surface area contributed by atoms with E-state index in [1.807, 2.05) is 43.3 Å². The highest BCUT2D eigenvalue weighted by atomic mass is 16.5. The van der Waals surface area contributed by atoms with E-state index in [1.54, 1.807) is 0 Å². The molecule has 0 saturated carbocycles. The first kappa shape index (κ1) is 16.1. The van der Waals surface area contributed by atoms with Crippen molar-refractivity contribution in [3.05, 3.63) is 42.2 Å². The van der Waals surface area contributed by atoms with E-state index in [0.717, 1.165) is 61.7 Å². The first-order valence-electron chi connectivity index (χ1n) is 8.47. The van der Waals surface area contributed by atoms with Crippen LogP contribution >= 0.6 is 0 Å². The van der Waals surface area contributed by atoms with E-state index in [0.29, 0.717) is 6.61 Å². The second-order valence-corrected chi connectivity index (χ2v) is 6.08. The molecule has 124 valence electrons. The van der Waals surface area contributed by atoms with Gasteiger partial charge in [0.15, 0.2) is 0 Å². The minimum atomic E-state index is -0.143. The van der Waals surface area contributed by atoms with Gasteiger partial charge in [-0.25, -0.2) is 0 Å². The van der Waals surface area contributed by atoms with Crippen molar-refractivity contribution in [2.24, 2.45) is 0 Å². The fourth-order valence-corrected chi connectivity index (χ4v) is 3.02. The van der Waals surface area contributed by atoms with Crippen LogP contribution in [0.4, 0.5) is 0 Å². The highest BCUT2D eigenvalue weighted by Gasteiger charge is 2.16. The van der Waals surface area contributed by atoms with Crippen LogP contribution in [-0.4, -0.2) is 35.8 Å². The van der Waals surface area contributed by atoms with Crippen LogP contribution in [0.3, 0.4) is 0 Å². The smallest absolute Gasteiger partial charge is 0.134 e. The number of benzene rings is 1. The van der Waals surface area contributed by atoms with E-state index in [2.05, 4.69) is 4.90 Å². The van der Waals surface area contributed by atoms with E-state index < -0.39 is 0 Å². The maximum absolute atomic E-state index is 9.73. The largest absolute Gasteiger partial charge is 0.494 e. The summed E-state index contributed by atoms with van der Waals surface area (Å²) in [5.41, 5.74) is 1.06. The Morgan fingerprint density at radius 2 is 1.96 bits per heavy atom. The Kier molecular flexibility index (Phi) is 5.36. The molecule has 0 radical (unpaired) electrons. The summed E-state index contributed by atoms with van der Waals surface area (Å²) >= 11 is 0. The molecule has 1 fully saturated rings. The van der Waals surface area contributed by atoms with Gasteiger partial charge in [0, 0.05) is 12.1 Å². The molecular weight excluding hydrogens is 290 g/mol. The second kappa shape index (κ2) is 7.66. The van der Waals surface area contributed by atoms with Crippen LogP contribution < -0.4 is 4.74 Å². The van der Waals surface area contributed by atoms with Gasteiger partial charge in [-0.3, -0.25) is 4.90 Å². The van der Waals surface area contributed by atoms with E-state index in [1.165, 1.54) is 0 Å². The van der Waals surface area contributed by atoms with Crippen molar-refractivity contribution in [3.63, 3.8) is 0 Å². The molecule has 4 nitrogen and oxygen atoms in total. The maximum atomic E-state index is 9.73. The van der Waals surface area contributed by atoms with Crippen molar-refractivity contribution in [2.45, 2.75) is 38.8 Å². The summed E-state index contributed by atoms with van der Waals surface area (Å²) in [7, 11) is 0. The summed E-state index contributed by atoms with van der Waals surface area (Å²) in [5.74, 6) is 2.74. The van der Waals surface area contributed by atoms with Gasteiger partial charge in [-0.1, -0.05) is 0 Å². The number of likely N-dealkylation sites (tertiary alicyclic amines) is 1. The van der Waals surface area contributed by atoms with Crippen molar-refractivity contribution < 1.29 is 14.3 Å². The number of ether oxygens (including phenoxy) is 1. The topological polar surface area (TPSA) is 45.8 Å². The summed E-state index contributed by atoms with van der Waals surface area (Å²) in [6.45, 7) is 5.42. The molecule has 0 amide bonds. The standard InChI is InChI=1S/C19H25NO3/c1-2-22-17-7-5-15(6-8-17)19-10-9-18(23-19)14-20-12-3-4-16(21)11-13-20/h5-10,16,21H,2-4,11-14H2,1H3. The Hall–Kier alpha value is -1.78. The minimum absolute atomic E-state index is 0.143. The molecule has 1 N–H and O–H groups in total. The molecule has 2 heterocycles. The molecule has 1 atom stereocenters. The van der Waals surface area contributed by atoms with Crippen molar-refractivity contribution in [2.75, 3.05) is 19.7 Å². The highest BCUT2D eigenvalue weighted by molar-refractivity contribution is 5.58. The molecular formula is C19H25NO3. The third kappa shape index (κ3) is 4.36. The Labute approximate surface area is 137 Å². The van der Waals surface area contributed by atoms with Crippen molar-refractivity contribution in [3.8, 4) is 17.1 Å². The number of furan rings is 1. The summed E-state index contributed by atoms with van der Waals surface area (Å²) in [6.07, 6.45) is 2.67. The lowest BCUT2D eigenvalue weighted by atomic mass is 10.2. The van der Waals surface area contributed by atoms with E-state index in [4.69, 9.17) is 9.15 Å². The molecule has 1 unspecified atom stereocenters. The van der Waals surface area contributed by atoms with Crippen LogP contribution in [0, 0.1) is 0 Å². The molecule has 0 bridgehead atoms.